The maximum Gasteiger partial charge on any atom is 0.264 e. The lowest BCUT2D eigenvalue weighted by Gasteiger charge is -2.16. The van der Waals surface area contributed by atoms with Gasteiger partial charge in [0, 0.05) is 23.8 Å². The number of carbonyl (C=O) groups is 2. The first-order valence-corrected chi connectivity index (χ1v) is 9.99. The minimum Gasteiger partial charge on any atom is -0.332 e. The normalized spacial score (nSPS) is 10.9. The van der Waals surface area contributed by atoms with Crippen molar-refractivity contribution in [3.8, 4) is 0 Å². The quantitative estimate of drug-likeness (QED) is 0.646. The van der Waals surface area contributed by atoms with Crippen molar-refractivity contribution in [1.29, 1.82) is 0 Å². The third kappa shape index (κ3) is 4.11. The third-order valence-electron chi connectivity index (χ3n) is 4.21. The van der Waals surface area contributed by atoms with E-state index in [1.54, 1.807) is 25.2 Å². The highest BCUT2D eigenvalue weighted by molar-refractivity contribution is 7.20. The maximum atomic E-state index is 12.9. The van der Waals surface area contributed by atoms with Crippen molar-refractivity contribution in [2.24, 2.45) is 0 Å². The van der Waals surface area contributed by atoms with Gasteiger partial charge in [-0.3, -0.25) is 9.59 Å². The molecule has 2 heterocycles. The number of halogens is 2. The Balaban J connectivity index is 1.76. The molecule has 0 fully saturated rings. The standard InChI is InChI=1S/C19H18Cl2N4O2S/c1-9-16-10(2)22-11(3)23-18(16)28-17(9)19(27)25(4)8-15(26)24-12-5-6-13(20)14(21)7-12/h5-7H,8H2,1-4H3,(H,24,26). The van der Waals surface area contributed by atoms with Crippen molar-refractivity contribution in [1.82, 2.24) is 14.9 Å². The van der Waals surface area contributed by atoms with Gasteiger partial charge in [0.25, 0.3) is 5.91 Å². The zero-order valence-corrected chi connectivity index (χ0v) is 18.1. The van der Waals surface area contributed by atoms with E-state index >= 15 is 0 Å². The molecule has 0 aliphatic carbocycles. The Hall–Kier alpha value is -2.22. The predicted molar refractivity (Wildman–Crippen MR) is 114 cm³/mol. The number of rotatable bonds is 4. The topological polar surface area (TPSA) is 75.2 Å². The summed E-state index contributed by atoms with van der Waals surface area (Å²) in [6.07, 6.45) is 0. The van der Waals surface area contributed by atoms with Crippen molar-refractivity contribution in [2.75, 3.05) is 18.9 Å². The fourth-order valence-electron chi connectivity index (χ4n) is 2.91. The number of hydrogen-bond donors (Lipinski definition) is 1. The van der Waals surface area contributed by atoms with Gasteiger partial charge in [0.05, 0.1) is 21.5 Å². The lowest BCUT2D eigenvalue weighted by Crippen LogP contribution is -2.34. The number of carbonyl (C=O) groups excluding carboxylic acids is 2. The minimum absolute atomic E-state index is 0.101. The summed E-state index contributed by atoms with van der Waals surface area (Å²) in [5.74, 6) is 0.0984. The van der Waals surface area contributed by atoms with Crippen LogP contribution >= 0.6 is 34.5 Å². The third-order valence-corrected chi connectivity index (χ3v) is 6.12. The lowest BCUT2D eigenvalue weighted by molar-refractivity contribution is -0.116. The summed E-state index contributed by atoms with van der Waals surface area (Å²) in [5.41, 5.74) is 2.19. The number of aryl methyl sites for hydroxylation is 3. The molecule has 28 heavy (non-hydrogen) atoms. The summed E-state index contributed by atoms with van der Waals surface area (Å²) in [6.45, 7) is 5.50. The number of anilines is 1. The van der Waals surface area contributed by atoms with Gasteiger partial charge < -0.3 is 10.2 Å². The van der Waals surface area contributed by atoms with Crippen LogP contribution in [0.2, 0.25) is 10.0 Å². The Morgan fingerprint density at radius 2 is 1.86 bits per heavy atom. The highest BCUT2D eigenvalue weighted by Gasteiger charge is 2.22. The van der Waals surface area contributed by atoms with Crippen LogP contribution in [0.4, 0.5) is 5.69 Å². The van der Waals surface area contributed by atoms with Gasteiger partial charge >= 0.3 is 0 Å². The molecule has 1 aromatic carbocycles. The molecule has 3 aromatic rings. The zero-order valence-electron chi connectivity index (χ0n) is 15.8. The monoisotopic (exact) mass is 436 g/mol. The second-order valence-electron chi connectivity index (χ2n) is 6.43. The number of amides is 2. The van der Waals surface area contributed by atoms with Gasteiger partial charge in [-0.1, -0.05) is 23.2 Å². The van der Waals surface area contributed by atoms with Crippen LogP contribution < -0.4 is 5.32 Å². The van der Waals surface area contributed by atoms with Crippen LogP contribution in [0.25, 0.3) is 10.2 Å². The fourth-order valence-corrected chi connectivity index (χ4v) is 4.48. The van der Waals surface area contributed by atoms with E-state index in [1.807, 2.05) is 20.8 Å². The summed E-state index contributed by atoms with van der Waals surface area (Å²) in [4.78, 5) is 36.7. The van der Waals surface area contributed by atoms with Gasteiger partial charge in [0.2, 0.25) is 5.91 Å². The van der Waals surface area contributed by atoms with E-state index in [0.717, 1.165) is 21.5 Å². The molecule has 0 aliphatic heterocycles. The molecule has 0 unspecified atom stereocenters. The SMILES string of the molecule is Cc1nc(C)c2c(C)c(C(=O)N(C)CC(=O)Nc3ccc(Cl)c(Cl)c3)sc2n1. The molecule has 1 N–H and O–H groups in total. The second kappa shape index (κ2) is 8.03. The van der Waals surface area contributed by atoms with Crippen LogP contribution in [0, 0.1) is 20.8 Å². The molecule has 0 aliphatic rings. The van der Waals surface area contributed by atoms with Gasteiger partial charge in [-0.2, -0.15) is 0 Å². The average molecular weight is 437 g/mol. The average Bonchev–Trinajstić information content (AvgIpc) is 2.93. The Bertz CT molecular complexity index is 1100. The molecule has 2 amide bonds. The summed E-state index contributed by atoms with van der Waals surface area (Å²) in [7, 11) is 1.59. The van der Waals surface area contributed by atoms with Gasteiger partial charge in [0.1, 0.15) is 10.7 Å². The summed E-state index contributed by atoms with van der Waals surface area (Å²) >= 11 is 13.1. The van der Waals surface area contributed by atoms with E-state index in [1.165, 1.54) is 16.2 Å². The van der Waals surface area contributed by atoms with Crippen molar-refractivity contribution in [3.05, 3.63) is 50.2 Å². The van der Waals surface area contributed by atoms with Crippen molar-refractivity contribution < 1.29 is 9.59 Å². The first kappa shape index (κ1) is 20.5. The number of fused-ring (bicyclic) bond motifs is 1. The number of hydrogen-bond acceptors (Lipinski definition) is 5. The number of thiophene rings is 1. The first-order valence-electron chi connectivity index (χ1n) is 8.42. The van der Waals surface area contributed by atoms with Crippen LogP contribution in [-0.4, -0.2) is 40.3 Å². The minimum atomic E-state index is -0.334. The van der Waals surface area contributed by atoms with E-state index in [4.69, 9.17) is 23.2 Å². The largest absolute Gasteiger partial charge is 0.332 e. The Morgan fingerprint density at radius 3 is 2.54 bits per heavy atom. The summed E-state index contributed by atoms with van der Waals surface area (Å²) < 4.78 is 0. The van der Waals surface area contributed by atoms with Crippen LogP contribution in [-0.2, 0) is 4.79 Å². The smallest absolute Gasteiger partial charge is 0.264 e. The molecule has 0 saturated heterocycles. The van der Waals surface area contributed by atoms with Gasteiger partial charge in [-0.15, -0.1) is 11.3 Å². The van der Waals surface area contributed by atoms with E-state index in [-0.39, 0.29) is 18.4 Å². The second-order valence-corrected chi connectivity index (χ2v) is 8.24. The number of aromatic nitrogens is 2. The molecule has 146 valence electrons. The van der Waals surface area contributed by atoms with E-state index in [9.17, 15) is 9.59 Å². The summed E-state index contributed by atoms with van der Waals surface area (Å²) in [6, 6.07) is 4.80. The molecule has 0 radical (unpaired) electrons. The molecular formula is C19H18Cl2N4O2S. The number of benzene rings is 1. The van der Waals surface area contributed by atoms with Crippen molar-refractivity contribution in [3.63, 3.8) is 0 Å². The fraction of sp³-hybridized carbons (Fsp3) is 0.263. The van der Waals surface area contributed by atoms with Crippen LogP contribution in [0.5, 0.6) is 0 Å². The highest BCUT2D eigenvalue weighted by Crippen LogP contribution is 2.32. The number of nitrogens with one attached hydrogen (secondary N) is 1. The molecule has 6 nitrogen and oxygen atoms in total. The molecule has 3 rings (SSSR count). The van der Waals surface area contributed by atoms with Crippen molar-refractivity contribution >= 4 is 62.3 Å². The van der Waals surface area contributed by atoms with E-state index < -0.39 is 0 Å². The molecule has 0 atom stereocenters. The molecular weight excluding hydrogens is 419 g/mol. The van der Waals surface area contributed by atoms with E-state index in [2.05, 4.69) is 15.3 Å². The Labute approximate surface area is 176 Å². The lowest BCUT2D eigenvalue weighted by atomic mass is 10.1. The molecule has 0 spiro atoms. The summed E-state index contributed by atoms with van der Waals surface area (Å²) in [5, 5.41) is 4.35. The number of nitrogens with zero attached hydrogens (tertiary/aromatic N) is 3. The van der Waals surface area contributed by atoms with Gasteiger partial charge in [-0.25, -0.2) is 9.97 Å². The molecule has 0 bridgehead atoms. The predicted octanol–water partition coefficient (Wildman–Crippen LogP) is 4.63. The van der Waals surface area contributed by atoms with E-state index in [0.29, 0.717) is 26.4 Å². The van der Waals surface area contributed by atoms with Gasteiger partial charge in [0.15, 0.2) is 0 Å². The Kier molecular flexibility index (Phi) is 5.88. The van der Waals surface area contributed by atoms with Crippen LogP contribution in [0.15, 0.2) is 18.2 Å². The molecule has 9 heteroatoms. The number of likely N-dealkylation sites (N-methyl/N-ethyl adjacent to an activating group) is 1. The van der Waals surface area contributed by atoms with Crippen molar-refractivity contribution in [2.45, 2.75) is 20.8 Å². The molecule has 2 aromatic heterocycles. The highest BCUT2D eigenvalue weighted by atomic mass is 35.5. The van der Waals surface area contributed by atoms with Crippen LogP contribution in [0.3, 0.4) is 0 Å². The first-order chi connectivity index (χ1) is 13.2. The van der Waals surface area contributed by atoms with Crippen LogP contribution in [0.1, 0.15) is 26.8 Å². The Morgan fingerprint density at radius 1 is 1.14 bits per heavy atom. The molecule has 0 saturated carbocycles. The van der Waals surface area contributed by atoms with Gasteiger partial charge in [-0.05, 0) is 44.5 Å². The maximum absolute atomic E-state index is 12.9. The zero-order chi connectivity index (χ0) is 20.6.